The minimum atomic E-state index is -0.422. The van der Waals surface area contributed by atoms with Gasteiger partial charge < -0.3 is 19.1 Å². The van der Waals surface area contributed by atoms with Gasteiger partial charge in [0.25, 0.3) is 0 Å². The van der Waals surface area contributed by atoms with Crippen LogP contribution in [0.5, 0.6) is 11.5 Å². The maximum absolute atomic E-state index is 13.8. The van der Waals surface area contributed by atoms with Crippen molar-refractivity contribution in [2.45, 2.75) is 39.0 Å². The molecule has 0 N–H and O–H groups in total. The molecule has 2 aromatic carbocycles. The van der Waals surface area contributed by atoms with E-state index in [1.165, 1.54) is 0 Å². The molecule has 1 aliphatic heterocycles. The summed E-state index contributed by atoms with van der Waals surface area (Å²) >= 11 is 6.44. The molecule has 0 aromatic heterocycles. The number of fused-ring (bicyclic) bond motifs is 1. The highest BCUT2D eigenvalue weighted by atomic mass is 35.5. The summed E-state index contributed by atoms with van der Waals surface area (Å²) in [5.41, 5.74) is 2.76. The first-order chi connectivity index (χ1) is 15.8. The predicted octanol–water partition coefficient (Wildman–Crippen LogP) is 5.02. The lowest BCUT2D eigenvalue weighted by Crippen LogP contribution is -2.40. The lowest BCUT2D eigenvalue weighted by Gasteiger charge is -2.27. The van der Waals surface area contributed by atoms with Gasteiger partial charge in [-0.05, 0) is 48.6 Å². The predicted molar refractivity (Wildman–Crippen MR) is 128 cm³/mol. The van der Waals surface area contributed by atoms with Gasteiger partial charge in [-0.15, -0.1) is 0 Å². The monoisotopic (exact) mass is 473 g/mol. The fourth-order valence-corrected chi connectivity index (χ4v) is 4.76. The van der Waals surface area contributed by atoms with Gasteiger partial charge in [0.1, 0.15) is 6.54 Å². The molecule has 0 radical (unpaired) electrons. The van der Waals surface area contributed by atoms with E-state index < -0.39 is 5.97 Å². The summed E-state index contributed by atoms with van der Waals surface area (Å²) in [5, 5.41) is 0.593. The van der Waals surface area contributed by atoms with Crippen molar-refractivity contribution in [2.24, 2.45) is 5.92 Å². The number of nitrogens with zero attached hydrogens (tertiary/aromatic N) is 1. The number of methoxy groups -OCH3 is 2. The summed E-state index contributed by atoms with van der Waals surface area (Å²) < 4.78 is 16.4. The van der Waals surface area contributed by atoms with E-state index in [9.17, 15) is 9.59 Å². The summed E-state index contributed by atoms with van der Waals surface area (Å²) in [4.78, 5) is 27.8. The topological polar surface area (TPSA) is 65.1 Å². The largest absolute Gasteiger partial charge is 0.493 e. The van der Waals surface area contributed by atoms with Crippen molar-refractivity contribution in [3.05, 3.63) is 58.1 Å². The molecule has 0 bridgehead atoms. The number of hydrogen-bond acceptors (Lipinski definition) is 5. The third-order valence-electron chi connectivity index (χ3n) is 5.95. The minimum Gasteiger partial charge on any atom is -0.493 e. The van der Waals surface area contributed by atoms with Crippen LogP contribution in [0.25, 0.3) is 0 Å². The van der Waals surface area contributed by atoms with Gasteiger partial charge in [0.2, 0.25) is 5.91 Å². The molecule has 6 nitrogen and oxygen atoms in total. The molecule has 0 aliphatic carbocycles. The summed E-state index contributed by atoms with van der Waals surface area (Å²) in [7, 11) is 3.19. The van der Waals surface area contributed by atoms with Crippen molar-refractivity contribution < 1.29 is 23.8 Å². The van der Waals surface area contributed by atoms with E-state index in [2.05, 4.69) is 13.8 Å². The number of amides is 1. The first kappa shape index (κ1) is 24.9. The van der Waals surface area contributed by atoms with Crippen LogP contribution >= 0.6 is 11.6 Å². The maximum Gasteiger partial charge on any atom is 0.325 e. The highest BCUT2D eigenvalue weighted by Crippen LogP contribution is 2.44. The van der Waals surface area contributed by atoms with Crippen molar-refractivity contribution >= 4 is 23.5 Å². The van der Waals surface area contributed by atoms with Gasteiger partial charge in [-0.1, -0.05) is 43.6 Å². The fourth-order valence-electron chi connectivity index (χ4n) is 4.58. The zero-order valence-corrected chi connectivity index (χ0v) is 20.6. The molecule has 0 saturated heterocycles. The lowest BCUT2D eigenvalue weighted by atomic mass is 9.82. The number of esters is 1. The van der Waals surface area contributed by atoms with Crippen molar-refractivity contribution in [2.75, 3.05) is 33.9 Å². The van der Waals surface area contributed by atoms with Crippen LogP contribution in [0.3, 0.4) is 0 Å². The average molecular weight is 474 g/mol. The quantitative estimate of drug-likeness (QED) is 0.503. The second-order valence-corrected chi connectivity index (χ2v) is 9.05. The first-order valence-corrected chi connectivity index (χ1v) is 11.6. The van der Waals surface area contributed by atoms with Crippen LogP contribution in [0.1, 0.15) is 55.7 Å². The zero-order chi connectivity index (χ0) is 24.1. The Morgan fingerprint density at radius 2 is 1.88 bits per heavy atom. The second-order valence-electron chi connectivity index (χ2n) is 8.61. The van der Waals surface area contributed by atoms with Crippen LogP contribution in [-0.4, -0.2) is 50.7 Å². The van der Waals surface area contributed by atoms with Gasteiger partial charge in [0, 0.05) is 23.0 Å². The number of ether oxygens (including phenoxy) is 3. The molecule has 1 heterocycles. The molecule has 33 heavy (non-hydrogen) atoms. The zero-order valence-electron chi connectivity index (χ0n) is 19.9. The number of benzene rings is 2. The first-order valence-electron chi connectivity index (χ1n) is 11.2. The molecule has 2 atom stereocenters. The van der Waals surface area contributed by atoms with Gasteiger partial charge in [-0.2, -0.15) is 0 Å². The number of para-hydroxylation sites is 1. The van der Waals surface area contributed by atoms with Crippen molar-refractivity contribution in [3.8, 4) is 11.5 Å². The molecule has 0 spiro atoms. The number of halogens is 1. The van der Waals surface area contributed by atoms with Gasteiger partial charge in [-0.3, -0.25) is 9.59 Å². The van der Waals surface area contributed by atoms with Crippen LogP contribution < -0.4 is 9.47 Å². The molecular formula is C26H32ClNO5. The van der Waals surface area contributed by atoms with Gasteiger partial charge >= 0.3 is 5.97 Å². The maximum atomic E-state index is 13.8. The van der Waals surface area contributed by atoms with E-state index >= 15 is 0 Å². The number of rotatable bonds is 8. The van der Waals surface area contributed by atoms with E-state index in [0.717, 1.165) is 16.7 Å². The highest BCUT2D eigenvalue weighted by molar-refractivity contribution is 6.30. The Kier molecular flexibility index (Phi) is 8.25. The molecule has 1 aliphatic rings. The lowest BCUT2D eigenvalue weighted by molar-refractivity contribution is -0.149. The van der Waals surface area contributed by atoms with Crippen LogP contribution in [0.4, 0.5) is 0 Å². The van der Waals surface area contributed by atoms with E-state index in [4.69, 9.17) is 25.8 Å². The standard InChI is InChI=1S/C26H32ClNO5/c1-6-33-24(29)15-28-14-22(19-8-7-9-23(31-4)25(19)32-5)20-13-17(27)10-11-18(20)21(26(28)30)12-16(2)3/h7-11,13,16,21-22H,6,12,14-15H2,1-5H3. The third-order valence-corrected chi connectivity index (χ3v) is 6.19. The Hall–Kier alpha value is -2.73. The molecule has 1 amide bonds. The molecule has 178 valence electrons. The molecule has 0 saturated carbocycles. The van der Waals surface area contributed by atoms with Crippen LogP contribution in [0.2, 0.25) is 5.02 Å². The second kappa shape index (κ2) is 10.9. The summed E-state index contributed by atoms with van der Waals surface area (Å²) in [6, 6.07) is 11.4. The molecule has 2 unspecified atom stereocenters. The fraction of sp³-hybridized carbons (Fsp3) is 0.462. The van der Waals surface area contributed by atoms with Gasteiger partial charge in [0.15, 0.2) is 11.5 Å². The van der Waals surface area contributed by atoms with Crippen LogP contribution in [-0.2, 0) is 14.3 Å². The Balaban J connectivity index is 2.21. The van der Waals surface area contributed by atoms with Crippen LogP contribution in [0.15, 0.2) is 36.4 Å². The Morgan fingerprint density at radius 1 is 1.12 bits per heavy atom. The number of carbonyl (C=O) groups is 2. The molecule has 3 rings (SSSR count). The highest BCUT2D eigenvalue weighted by Gasteiger charge is 2.38. The molecule has 2 aromatic rings. The summed E-state index contributed by atoms with van der Waals surface area (Å²) in [6.45, 7) is 6.39. The van der Waals surface area contributed by atoms with Crippen molar-refractivity contribution in [3.63, 3.8) is 0 Å². The SMILES string of the molecule is CCOC(=O)CN1CC(c2cccc(OC)c2OC)c2cc(Cl)ccc2C(CC(C)C)C1=O. The molecule has 0 fully saturated rings. The minimum absolute atomic E-state index is 0.0790. The van der Waals surface area contributed by atoms with Gasteiger partial charge in [0.05, 0.1) is 26.7 Å². The average Bonchev–Trinajstić information content (AvgIpc) is 2.88. The van der Waals surface area contributed by atoms with E-state index in [0.29, 0.717) is 29.5 Å². The number of carbonyl (C=O) groups excluding carboxylic acids is 2. The Morgan fingerprint density at radius 3 is 2.52 bits per heavy atom. The molecule has 7 heteroatoms. The van der Waals surface area contributed by atoms with Crippen LogP contribution in [0, 0.1) is 5.92 Å². The van der Waals surface area contributed by atoms with Crippen molar-refractivity contribution in [1.29, 1.82) is 0 Å². The Labute approximate surface area is 200 Å². The van der Waals surface area contributed by atoms with E-state index in [-0.39, 0.29) is 36.8 Å². The Bertz CT molecular complexity index is 1010. The van der Waals surface area contributed by atoms with E-state index in [1.807, 2.05) is 36.4 Å². The normalized spacial score (nSPS) is 18.0. The van der Waals surface area contributed by atoms with Crippen molar-refractivity contribution in [1.82, 2.24) is 4.90 Å². The smallest absolute Gasteiger partial charge is 0.325 e. The summed E-state index contributed by atoms with van der Waals surface area (Å²) in [6.07, 6.45) is 0.661. The number of hydrogen-bond donors (Lipinski definition) is 0. The molecular weight excluding hydrogens is 442 g/mol. The van der Waals surface area contributed by atoms with E-state index in [1.54, 1.807) is 26.0 Å². The summed E-state index contributed by atoms with van der Waals surface area (Å²) in [5.74, 6) is 0.341. The van der Waals surface area contributed by atoms with Gasteiger partial charge in [-0.25, -0.2) is 0 Å². The third kappa shape index (κ3) is 5.44.